The Bertz CT molecular complexity index is 806. The highest BCUT2D eigenvalue weighted by Gasteiger charge is 2.38. The number of rotatable bonds is 1. The Morgan fingerprint density at radius 3 is 2.73 bits per heavy atom. The summed E-state index contributed by atoms with van der Waals surface area (Å²) in [6.45, 7) is 6.23. The quantitative estimate of drug-likeness (QED) is 0.833. The molecule has 0 unspecified atom stereocenters. The Labute approximate surface area is 137 Å². The Hall–Kier alpha value is -1.97. The second-order valence-corrected chi connectivity index (χ2v) is 7.88. The fourth-order valence-corrected chi connectivity index (χ4v) is 3.77. The smallest absolute Gasteiger partial charge is 0.244 e. The molecule has 0 saturated carbocycles. The van der Waals surface area contributed by atoms with Crippen LogP contribution in [-0.4, -0.2) is 10.2 Å². The summed E-state index contributed by atoms with van der Waals surface area (Å²) >= 11 is 7.50. The number of aromatic amines is 1. The van der Waals surface area contributed by atoms with Crippen molar-refractivity contribution in [2.24, 2.45) is 5.73 Å². The van der Waals surface area contributed by atoms with Crippen molar-refractivity contribution in [2.45, 2.75) is 32.1 Å². The van der Waals surface area contributed by atoms with Crippen LogP contribution >= 0.6 is 22.9 Å². The number of nitrogens with zero attached hydrogens (tertiary/aromatic N) is 2. The highest BCUT2D eigenvalue weighted by molar-refractivity contribution is 7.16. The lowest BCUT2D eigenvalue weighted by Gasteiger charge is -2.26. The molecule has 5 nitrogen and oxygen atoms in total. The molecule has 0 aliphatic carbocycles. The Balaban J connectivity index is 2.27. The van der Waals surface area contributed by atoms with Crippen molar-refractivity contribution >= 4 is 22.9 Å². The van der Waals surface area contributed by atoms with Crippen LogP contribution in [0.1, 0.15) is 42.8 Å². The van der Waals surface area contributed by atoms with Gasteiger partial charge in [0, 0.05) is 16.0 Å². The number of thiophene rings is 1. The predicted octanol–water partition coefficient (Wildman–Crippen LogP) is 3.64. The summed E-state index contributed by atoms with van der Waals surface area (Å²) in [7, 11) is 0. The van der Waals surface area contributed by atoms with Crippen LogP contribution in [0, 0.1) is 11.3 Å². The van der Waals surface area contributed by atoms with Gasteiger partial charge in [0.05, 0.1) is 15.8 Å². The number of nitrogens with one attached hydrogen (secondary N) is 1. The number of aromatic nitrogens is 2. The molecular formula is C15H15ClN4OS. The van der Waals surface area contributed by atoms with E-state index in [1.165, 1.54) is 11.3 Å². The van der Waals surface area contributed by atoms with Crippen LogP contribution in [0.4, 0.5) is 0 Å². The molecule has 2 aromatic rings. The Kier molecular flexibility index (Phi) is 3.42. The van der Waals surface area contributed by atoms with Crippen LogP contribution in [0.2, 0.25) is 4.34 Å². The zero-order valence-electron chi connectivity index (χ0n) is 12.4. The van der Waals surface area contributed by atoms with Gasteiger partial charge in [0.2, 0.25) is 11.8 Å². The molecule has 0 saturated heterocycles. The number of nitrogens with two attached hydrogens (primary N) is 1. The maximum Gasteiger partial charge on any atom is 0.244 e. The molecule has 3 heterocycles. The summed E-state index contributed by atoms with van der Waals surface area (Å²) in [6, 6.07) is 5.90. The van der Waals surface area contributed by atoms with Crippen molar-refractivity contribution in [3.8, 4) is 11.9 Å². The number of halogens is 1. The van der Waals surface area contributed by atoms with E-state index >= 15 is 0 Å². The fraction of sp³-hybridized carbons (Fsp3) is 0.333. The predicted molar refractivity (Wildman–Crippen MR) is 85.9 cm³/mol. The number of hydrogen-bond donors (Lipinski definition) is 2. The first-order chi connectivity index (χ1) is 10.3. The largest absolute Gasteiger partial charge is 0.420 e. The van der Waals surface area contributed by atoms with Gasteiger partial charge >= 0.3 is 0 Å². The lowest BCUT2D eigenvalue weighted by molar-refractivity contribution is 0.378. The van der Waals surface area contributed by atoms with Gasteiger partial charge in [0.1, 0.15) is 11.6 Å². The van der Waals surface area contributed by atoms with E-state index in [0.717, 1.165) is 16.1 Å². The first-order valence-corrected chi connectivity index (χ1v) is 7.94. The molecule has 0 aromatic carbocycles. The highest BCUT2D eigenvalue weighted by atomic mass is 35.5. The number of ether oxygens (including phenoxy) is 1. The highest BCUT2D eigenvalue weighted by Crippen LogP contribution is 2.47. The molecule has 0 bridgehead atoms. The zero-order chi connectivity index (χ0) is 16.1. The molecule has 0 radical (unpaired) electrons. The number of allylic oxidation sites excluding steroid dienone is 1. The first kappa shape index (κ1) is 14.9. The minimum atomic E-state index is -0.306. The molecule has 7 heteroatoms. The van der Waals surface area contributed by atoms with Crippen LogP contribution in [0.5, 0.6) is 5.88 Å². The number of fused-ring (bicyclic) bond motifs is 1. The molecule has 3 rings (SSSR count). The van der Waals surface area contributed by atoms with Gasteiger partial charge in [-0.25, -0.2) is 0 Å². The van der Waals surface area contributed by atoms with Crippen molar-refractivity contribution in [1.29, 1.82) is 5.26 Å². The van der Waals surface area contributed by atoms with Gasteiger partial charge in [-0.3, -0.25) is 5.10 Å². The van der Waals surface area contributed by atoms with Crippen LogP contribution in [0.3, 0.4) is 0 Å². The topological polar surface area (TPSA) is 87.7 Å². The number of hydrogen-bond acceptors (Lipinski definition) is 5. The average Bonchev–Trinajstić information content (AvgIpc) is 3.02. The van der Waals surface area contributed by atoms with Gasteiger partial charge in [0.25, 0.3) is 0 Å². The summed E-state index contributed by atoms with van der Waals surface area (Å²) in [5, 5.41) is 16.8. The average molecular weight is 335 g/mol. The third kappa shape index (κ3) is 2.27. The lowest BCUT2D eigenvalue weighted by atomic mass is 9.81. The number of H-pyrrole nitrogens is 1. The summed E-state index contributed by atoms with van der Waals surface area (Å²) in [5.74, 6) is 0.214. The van der Waals surface area contributed by atoms with E-state index in [1.807, 2.05) is 12.1 Å². The zero-order valence-corrected chi connectivity index (χ0v) is 14.0. The molecule has 2 aromatic heterocycles. The maximum absolute atomic E-state index is 9.53. The third-order valence-corrected chi connectivity index (χ3v) is 4.86. The minimum absolute atomic E-state index is 0.0940. The summed E-state index contributed by atoms with van der Waals surface area (Å²) in [6.07, 6.45) is 0. The van der Waals surface area contributed by atoms with E-state index in [4.69, 9.17) is 22.1 Å². The normalized spacial score (nSPS) is 17.9. The molecular weight excluding hydrogens is 320 g/mol. The summed E-state index contributed by atoms with van der Waals surface area (Å²) < 4.78 is 6.20. The second kappa shape index (κ2) is 5.04. The van der Waals surface area contributed by atoms with Crippen LogP contribution in [0.15, 0.2) is 23.6 Å². The molecule has 3 N–H and O–H groups in total. The maximum atomic E-state index is 9.53. The SMILES string of the molecule is CC(C)(C)c1[nH]nc2c1[C@@H](c1ccc(Cl)s1)C(C#N)=C(N)O2. The van der Waals surface area contributed by atoms with Gasteiger partial charge in [-0.1, -0.05) is 32.4 Å². The standard InChI is InChI=1S/C15H15ClN4OS/c1-15(2,3)12-11-10(8-4-5-9(16)22-8)7(6-17)13(18)21-14(11)20-19-12/h4-5,10H,18H2,1-3H3,(H,19,20)/t10-/m1/s1. The molecule has 114 valence electrons. The monoisotopic (exact) mass is 334 g/mol. The minimum Gasteiger partial charge on any atom is -0.420 e. The van der Waals surface area contributed by atoms with E-state index in [1.54, 1.807) is 0 Å². The Morgan fingerprint density at radius 1 is 1.45 bits per heavy atom. The van der Waals surface area contributed by atoms with Crippen molar-refractivity contribution in [2.75, 3.05) is 0 Å². The van der Waals surface area contributed by atoms with Crippen LogP contribution in [-0.2, 0) is 5.41 Å². The van der Waals surface area contributed by atoms with E-state index in [0.29, 0.717) is 15.8 Å². The Morgan fingerprint density at radius 2 is 2.18 bits per heavy atom. The molecule has 22 heavy (non-hydrogen) atoms. The second-order valence-electron chi connectivity index (χ2n) is 6.13. The molecule has 1 aliphatic rings. The van der Waals surface area contributed by atoms with Gasteiger partial charge in [-0.15, -0.1) is 16.4 Å². The van der Waals surface area contributed by atoms with Gasteiger partial charge in [0.15, 0.2) is 0 Å². The first-order valence-electron chi connectivity index (χ1n) is 6.74. The van der Waals surface area contributed by atoms with Gasteiger partial charge in [-0.2, -0.15) is 5.26 Å². The van der Waals surface area contributed by atoms with Crippen molar-refractivity contribution in [3.63, 3.8) is 0 Å². The number of nitriles is 1. The van der Waals surface area contributed by atoms with Gasteiger partial charge in [-0.05, 0) is 12.1 Å². The van der Waals surface area contributed by atoms with E-state index in [9.17, 15) is 5.26 Å². The molecule has 0 fully saturated rings. The molecule has 1 aliphatic heterocycles. The van der Waals surface area contributed by atoms with Crippen molar-refractivity contribution in [3.05, 3.63) is 44.1 Å². The van der Waals surface area contributed by atoms with E-state index in [2.05, 4.69) is 37.0 Å². The summed E-state index contributed by atoms with van der Waals surface area (Å²) in [5.41, 5.74) is 7.91. The fourth-order valence-electron chi connectivity index (χ4n) is 2.58. The molecule has 0 amide bonds. The lowest BCUT2D eigenvalue weighted by Crippen LogP contribution is -2.23. The molecule has 0 spiro atoms. The molecule has 1 atom stereocenters. The van der Waals surface area contributed by atoms with Crippen LogP contribution < -0.4 is 10.5 Å². The van der Waals surface area contributed by atoms with Gasteiger partial charge < -0.3 is 10.5 Å². The van der Waals surface area contributed by atoms with Crippen LogP contribution in [0.25, 0.3) is 0 Å². The summed E-state index contributed by atoms with van der Waals surface area (Å²) in [4.78, 5) is 0.945. The van der Waals surface area contributed by atoms with E-state index in [-0.39, 0.29) is 17.2 Å². The van der Waals surface area contributed by atoms with E-state index < -0.39 is 0 Å². The third-order valence-electron chi connectivity index (χ3n) is 3.57. The van der Waals surface area contributed by atoms with Crippen molar-refractivity contribution < 1.29 is 4.74 Å². The van der Waals surface area contributed by atoms with Crippen molar-refractivity contribution in [1.82, 2.24) is 10.2 Å².